The number of carbonyl (C=O) groups is 1. The largest absolute Gasteiger partial charge is 0.379 e. The summed E-state index contributed by atoms with van der Waals surface area (Å²) in [4.78, 5) is 37.3. The Morgan fingerprint density at radius 2 is 1.91 bits per heavy atom. The van der Waals surface area contributed by atoms with Gasteiger partial charge in [-0.05, 0) is 55.2 Å². The van der Waals surface area contributed by atoms with E-state index < -0.39 is 0 Å². The van der Waals surface area contributed by atoms with Crippen LogP contribution >= 0.6 is 0 Å². The highest BCUT2D eigenvalue weighted by atomic mass is 16.5. The first-order chi connectivity index (χ1) is 16.1. The summed E-state index contributed by atoms with van der Waals surface area (Å²) in [5.74, 6) is 0.576. The van der Waals surface area contributed by atoms with Crippen molar-refractivity contribution in [3.63, 3.8) is 0 Å². The molecule has 0 aliphatic carbocycles. The van der Waals surface area contributed by atoms with Crippen molar-refractivity contribution in [3.05, 3.63) is 63.6 Å². The van der Waals surface area contributed by atoms with Crippen molar-refractivity contribution in [2.75, 3.05) is 49.6 Å². The van der Waals surface area contributed by atoms with Crippen LogP contribution in [0, 0.1) is 6.92 Å². The Morgan fingerprint density at radius 1 is 1.12 bits per heavy atom. The van der Waals surface area contributed by atoms with Gasteiger partial charge in [0.25, 0.3) is 5.91 Å². The van der Waals surface area contributed by atoms with E-state index in [9.17, 15) is 9.59 Å². The number of nitrogens with zero attached hydrogens (tertiary/aromatic N) is 3. The number of hydrogen-bond acceptors (Lipinski definition) is 6. The lowest BCUT2D eigenvalue weighted by molar-refractivity contribution is 0.0341. The molecule has 0 radical (unpaired) electrons. The number of H-pyrrole nitrogens is 1. The van der Waals surface area contributed by atoms with Crippen LogP contribution in [0.1, 0.15) is 34.3 Å². The number of aromatic nitrogens is 2. The van der Waals surface area contributed by atoms with E-state index in [1.807, 2.05) is 37.4 Å². The molecule has 8 nitrogen and oxygen atoms in total. The van der Waals surface area contributed by atoms with Gasteiger partial charge in [0.05, 0.1) is 18.8 Å². The number of nitrogens with one attached hydrogen (secondary N) is 2. The first-order valence-corrected chi connectivity index (χ1v) is 11.6. The van der Waals surface area contributed by atoms with E-state index in [-0.39, 0.29) is 11.5 Å². The Morgan fingerprint density at radius 3 is 2.70 bits per heavy atom. The number of amides is 1. The van der Waals surface area contributed by atoms with E-state index >= 15 is 0 Å². The molecule has 3 aromatic rings. The van der Waals surface area contributed by atoms with E-state index in [2.05, 4.69) is 20.1 Å². The number of pyridine rings is 2. The minimum Gasteiger partial charge on any atom is -0.379 e. The van der Waals surface area contributed by atoms with E-state index in [1.165, 1.54) is 0 Å². The second-order valence-electron chi connectivity index (χ2n) is 8.83. The summed E-state index contributed by atoms with van der Waals surface area (Å²) in [7, 11) is 0. The number of fused-ring (bicyclic) bond motifs is 1. The molecule has 0 spiro atoms. The van der Waals surface area contributed by atoms with Gasteiger partial charge >= 0.3 is 0 Å². The van der Waals surface area contributed by atoms with Gasteiger partial charge in [0.1, 0.15) is 5.82 Å². The molecule has 2 fully saturated rings. The number of ether oxygens (including phenoxy) is 1. The van der Waals surface area contributed by atoms with Gasteiger partial charge in [0, 0.05) is 61.6 Å². The molecule has 2 saturated heterocycles. The average Bonchev–Trinajstić information content (AvgIpc) is 3.35. The second kappa shape index (κ2) is 9.33. The summed E-state index contributed by atoms with van der Waals surface area (Å²) in [6.45, 7) is 7.71. The minimum absolute atomic E-state index is 0.129. The van der Waals surface area contributed by atoms with Crippen molar-refractivity contribution in [1.29, 1.82) is 0 Å². The Hall–Kier alpha value is -3.23. The van der Waals surface area contributed by atoms with E-state index in [4.69, 9.17) is 9.72 Å². The van der Waals surface area contributed by atoms with Gasteiger partial charge in [-0.1, -0.05) is 0 Å². The molecule has 1 aromatic carbocycles. The number of anilines is 2. The Bertz CT molecular complexity index is 1230. The van der Waals surface area contributed by atoms with Crippen molar-refractivity contribution in [1.82, 2.24) is 14.9 Å². The number of aryl methyl sites for hydroxylation is 1. The first-order valence-electron chi connectivity index (χ1n) is 11.6. The van der Waals surface area contributed by atoms with Crippen molar-refractivity contribution >= 4 is 28.3 Å². The zero-order valence-corrected chi connectivity index (χ0v) is 18.9. The number of benzene rings is 1. The van der Waals surface area contributed by atoms with Gasteiger partial charge in [-0.15, -0.1) is 0 Å². The Balaban J connectivity index is 1.44. The summed E-state index contributed by atoms with van der Waals surface area (Å²) in [5, 5.41) is 3.96. The zero-order valence-electron chi connectivity index (χ0n) is 18.9. The van der Waals surface area contributed by atoms with Crippen LogP contribution in [0.3, 0.4) is 0 Å². The van der Waals surface area contributed by atoms with Crippen LogP contribution in [0.2, 0.25) is 0 Å². The molecule has 8 heteroatoms. The van der Waals surface area contributed by atoms with Gasteiger partial charge < -0.3 is 19.9 Å². The lowest BCUT2D eigenvalue weighted by Crippen LogP contribution is -2.35. The molecule has 0 unspecified atom stereocenters. The maximum Gasteiger partial charge on any atom is 0.259 e. The van der Waals surface area contributed by atoms with Gasteiger partial charge in [0.15, 0.2) is 0 Å². The molecule has 2 aliphatic heterocycles. The molecule has 1 amide bonds. The van der Waals surface area contributed by atoms with Crippen LogP contribution in [0.15, 0.2) is 41.3 Å². The minimum atomic E-state index is -0.172. The third kappa shape index (κ3) is 4.77. The van der Waals surface area contributed by atoms with Crippen molar-refractivity contribution in [2.45, 2.75) is 26.3 Å². The lowest BCUT2D eigenvalue weighted by Gasteiger charge is -2.27. The summed E-state index contributed by atoms with van der Waals surface area (Å²) in [5.41, 5.74) is 3.81. The van der Waals surface area contributed by atoms with Crippen molar-refractivity contribution in [3.8, 4) is 0 Å². The quantitative estimate of drug-likeness (QED) is 0.625. The van der Waals surface area contributed by atoms with Crippen LogP contribution in [0.5, 0.6) is 0 Å². The smallest absolute Gasteiger partial charge is 0.259 e. The van der Waals surface area contributed by atoms with Gasteiger partial charge in [-0.3, -0.25) is 14.5 Å². The Kier molecular flexibility index (Phi) is 6.11. The number of aromatic amines is 1. The fraction of sp³-hybridized carbons (Fsp3) is 0.400. The van der Waals surface area contributed by atoms with Gasteiger partial charge in [0.2, 0.25) is 5.56 Å². The molecule has 5 rings (SSSR count). The molecule has 0 bridgehead atoms. The average molecular weight is 448 g/mol. The normalized spacial score (nSPS) is 16.9. The molecule has 0 atom stereocenters. The molecular formula is C25H29N5O3. The number of rotatable bonds is 5. The molecule has 2 aromatic heterocycles. The fourth-order valence-corrected chi connectivity index (χ4v) is 4.65. The van der Waals surface area contributed by atoms with Crippen LogP contribution in [0.25, 0.3) is 10.9 Å². The van der Waals surface area contributed by atoms with Crippen LogP contribution in [-0.4, -0.2) is 60.2 Å². The maximum absolute atomic E-state index is 13.4. The molecule has 33 heavy (non-hydrogen) atoms. The van der Waals surface area contributed by atoms with Crippen LogP contribution in [0.4, 0.5) is 11.5 Å². The fourth-order valence-electron chi connectivity index (χ4n) is 4.65. The second-order valence-corrected chi connectivity index (χ2v) is 8.83. The Labute approximate surface area is 192 Å². The topological polar surface area (TPSA) is 90.6 Å². The first kappa shape index (κ1) is 21.6. The third-order valence-electron chi connectivity index (χ3n) is 6.39. The van der Waals surface area contributed by atoms with E-state index in [1.54, 1.807) is 6.07 Å². The highest BCUT2D eigenvalue weighted by Crippen LogP contribution is 2.26. The molecule has 0 saturated carbocycles. The summed E-state index contributed by atoms with van der Waals surface area (Å²) in [6, 6.07) is 9.09. The molecule has 2 N–H and O–H groups in total. The zero-order chi connectivity index (χ0) is 22.8. The predicted molar refractivity (Wildman–Crippen MR) is 129 cm³/mol. The van der Waals surface area contributed by atoms with Gasteiger partial charge in [-0.2, -0.15) is 0 Å². The van der Waals surface area contributed by atoms with Crippen LogP contribution in [-0.2, 0) is 11.3 Å². The highest BCUT2D eigenvalue weighted by molar-refractivity contribution is 6.08. The van der Waals surface area contributed by atoms with E-state index in [0.717, 1.165) is 86.6 Å². The predicted octanol–water partition coefficient (Wildman–Crippen LogP) is 2.92. The number of morpholine rings is 1. The van der Waals surface area contributed by atoms with Crippen molar-refractivity contribution in [2.24, 2.45) is 0 Å². The monoisotopic (exact) mass is 447 g/mol. The lowest BCUT2D eigenvalue weighted by atomic mass is 10.1. The van der Waals surface area contributed by atoms with Crippen LogP contribution < -0.4 is 15.8 Å². The SMILES string of the molecule is Cc1cc(=O)[nH]c2ccc(NC(=O)c3cc(CN4CCOCC4)cnc3N3CCCC3)cc12. The number of carbonyl (C=O) groups excluding carboxylic acids is 1. The van der Waals surface area contributed by atoms with Gasteiger partial charge in [-0.25, -0.2) is 4.98 Å². The molecule has 4 heterocycles. The number of hydrogen-bond donors (Lipinski definition) is 2. The summed E-state index contributed by atoms with van der Waals surface area (Å²) >= 11 is 0. The maximum atomic E-state index is 13.4. The standard InChI is InChI=1S/C25H29N5O3/c1-17-12-23(31)28-22-5-4-19(14-20(17)22)27-25(32)21-13-18(16-29-8-10-33-11-9-29)15-26-24(21)30-6-2-3-7-30/h4-5,12-15H,2-3,6-11,16H2,1H3,(H,27,32)(H,28,31). The molecule has 2 aliphatic rings. The molecule has 172 valence electrons. The third-order valence-corrected chi connectivity index (χ3v) is 6.39. The highest BCUT2D eigenvalue weighted by Gasteiger charge is 2.22. The summed E-state index contributed by atoms with van der Waals surface area (Å²) in [6.07, 6.45) is 4.12. The van der Waals surface area contributed by atoms with Crippen molar-refractivity contribution < 1.29 is 9.53 Å². The summed E-state index contributed by atoms with van der Waals surface area (Å²) < 4.78 is 5.45. The molecular weight excluding hydrogens is 418 g/mol. The van der Waals surface area contributed by atoms with E-state index in [0.29, 0.717) is 11.3 Å².